The van der Waals surface area contributed by atoms with Crippen LogP contribution < -0.4 is 10.9 Å². The molecule has 2 rings (SSSR count). The van der Waals surface area contributed by atoms with E-state index in [1.165, 1.54) is 9.88 Å². The van der Waals surface area contributed by atoms with E-state index in [2.05, 4.69) is 22.4 Å². The second-order valence-electron chi connectivity index (χ2n) is 5.22. The number of hydrogen-bond donors (Lipinski definition) is 2. The van der Waals surface area contributed by atoms with E-state index in [1.54, 1.807) is 19.9 Å². The molecule has 124 valence electrons. The number of hydrogen-bond acceptors (Lipinski definition) is 6. The largest absolute Gasteiger partial charge is 0.490 e. The van der Waals surface area contributed by atoms with E-state index < -0.39 is 0 Å². The number of aryl methyl sites for hydroxylation is 1. The van der Waals surface area contributed by atoms with Crippen molar-refractivity contribution in [2.75, 3.05) is 0 Å². The van der Waals surface area contributed by atoms with Crippen molar-refractivity contribution < 1.29 is 14.9 Å². The summed E-state index contributed by atoms with van der Waals surface area (Å²) >= 11 is 0. The van der Waals surface area contributed by atoms with Crippen molar-refractivity contribution in [1.82, 2.24) is 9.72 Å². The highest BCUT2D eigenvalue weighted by Crippen LogP contribution is 2.28. The second kappa shape index (κ2) is 7.19. The number of quaternary nitrogens is 1. The standard InChI is InChI=1S/C15H21N5O3/c1-5-6-7-20-14(21)12(16-4)10(3)13(15(20)22)18-17-11-8-9(2)23-19-11/h8,21H,4-7,16H2,1-3H3. The maximum atomic E-state index is 12.6. The molecule has 8 heteroatoms. The number of nitrogens with zero attached hydrogens (tertiary/aromatic N) is 4. The Morgan fingerprint density at radius 1 is 1.43 bits per heavy atom. The lowest BCUT2D eigenvalue weighted by Crippen LogP contribution is -2.70. The molecule has 2 aromatic rings. The Bertz CT molecular complexity index is 776. The fraction of sp³-hybridized carbons (Fsp3) is 0.400. The van der Waals surface area contributed by atoms with Crippen molar-refractivity contribution >= 4 is 17.2 Å². The van der Waals surface area contributed by atoms with Crippen molar-refractivity contribution in [2.24, 2.45) is 10.2 Å². The lowest BCUT2D eigenvalue weighted by Gasteiger charge is -2.14. The molecule has 8 nitrogen and oxygen atoms in total. The molecule has 0 radical (unpaired) electrons. The van der Waals surface area contributed by atoms with Crippen LogP contribution in [0.5, 0.6) is 5.88 Å². The SMILES string of the molecule is [CH2-][NH2+]c1c(C)c(N=Nc2cc(C)on2)c(=O)n(CCCC)c1O. The van der Waals surface area contributed by atoms with E-state index in [9.17, 15) is 9.90 Å². The van der Waals surface area contributed by atoms with Crippen LogP contribution in [0.4, 0.5) is 17.2 Å². The first-order chi connectivity index (χ1) is 11.0. The van der Waals surface area contributed by atoms with Crippen LogP contribution in [0.3, 0.4) is 0 Å². The minimum absolute atomic E-state index is 0.0906. The molecule has 0 bridgehead atoms. The third-order valence-corrected chi connectivity index (χ3v) is 3.51. The highest BCUT2D eigenvalue weighted by molar-refractivity contribution is 5.59. The zero-order valence-electron chi connectivity index (χ0n) is 13.5. The Balaban J connectivity index is 2.53. The van der Waals surface area contributed by atoms with E-state index in [0.29, 0.717) is 23.6 Å². The minimum Gasteiger partial charge on any atom is -0.490 e. The summed E-state index contributed by atoms with van der Waals surface area (Å²) in [5.74, 6) is 0.801. The van der Waals surface area contributed by atoms with Crippen molar-refractivity contribution in [3.8, 4) is 5.88 Å². The Kier molecular flexibility index (Phi) is 5.28. The molecule has 2 heterocycles. The number of nitrogens with two attached hydrogens (primary N) is 1. The maximum absolute atomic E-state index is 12.6. The van der Waals surface area contributed by atoms with Gasteiger partial charge in [0.2, 0.25) is 5.82 Å². The fourth-order valence-electron chi connectivity index (χ4n) is 2.21. The third kappa shape index (κ3) is 3.48. The average Bonchev–Trinajstić information content (AvgIpc) is 2.93. The van der Waals surface area contributed by atoms with E-state index in [-0.39, 0.29) is 22.9 Å². The molecule has 0 aliphatic rings. The topological polar surface area (TPSA) is 110 Å². The fourth-order valence-corrected chi connectivity index (χ4v) is 2.21. The van der Waals surface area contributed by atoms with E-state index in [4.69, 9.17) is 4.52 Å². The van der Waals surface area contributed by atoms with Gasteiger partial charge in [-0.2, -0.15) is 0 Å². The van der Waals surface area contributed by atoms with Crippen LogP contribution in [-0.2, 0) is 6.54 Å². The van der Waals surface area contributed by atoms with Crippen LogP contribution in [0.15, 0.2) is 25.6 Å². The summed E-state index contributed by atoms with van der Waals surface area (Å²) in [6.45, 7) is 5.86. The predicted octanol–water partition coefficient (Wildman–Crippen LogP) is 2.36. The van der Waals surface area contributed by atoms with Crippen molar-refractivity contribution in [3.63, 3.8) is 0 Å². The zero-order valence-corrected chi connectivity index (χ0v) is 13.5. The number of unbranched alkanes of at least 4 members (excludes halogenated alkanes) is 1. The first-order valence-electron chi connectivity index (χ1n) is 7.43. The highest BCUT2D eigenvalue weighted by Gasteiger charge is 2.20. The summed E-state index contributed by atoms with van der Waals surface area (Å²) in [6, 6.07) is 1.61. The van der Waals surface area contributed by atoms with Gasteiger partial charge in [0.25, 0.3) is 11.4 Å². The van der Waals surface area contributed by atoms with Gasteiger partial charge >= 0.3 is 0 Å². The minimum atomic E-state index is -0.386. The Morgan fingerprint density at radius 3 is 2.74 bits per heavy atom. The second-order valence-corrected chi connectivity index (χ2v) is 5.22. The van der Waals surface area contributed by atoms with Crippen LogP contribution in [0, 0.1) is 20.9 Å². The molecule has 0 unspecified atom stereocenters. The van der Waals surface area contributed by atoms with E-state index in [0.717, 1.165) is 12.8 Å². The number of azo groups is 1. The maximum Gasteiger partial charge on any atom is 0.281 e. The first-order valence-corrected chi connectivity index (χ1v) is 7.43. The highest BCUT2D eigenvalue weighted by atomic mass is 16.5. The molecule has 0 spiro atoms. The Hall–Kier alpha value is -2.48. The van der Waals surface area contributed by atoms with Crippen molar-refractivity contribution in [2.45, 2.75) is 40.2 Å². The van der Waals surface area contributed by atoms with Crippen LogP contribution in [0.1, 0.15) is 31.1 Å². The average molecular weight is 319 g/mol. The molecule has 0 aromatic carbocycles. The molecule has 0 saturated carbocycles. The molecule has 3 N–H and O–H groups in total. The van der Waals surface area contributed by atoms with Gasteiger partial charge in [0, 0.05) is 18.2 Å². The smallest absolute Gasteiger partial charge is 0.281 e. The molecular weight excluding hydrogens is 298 g/mol. The van der Waals surface area contributed by atoms with Crippen molar-refractivity contribution in [3.05, 3.63) is 34.8 Å². The first kappa shape index (κ1) is 16.9. The van der Waals surface area contributed by atoms with Gasteiger partial charge in [-0.25, -0.2) is 0 Å². The number of pyridine rings is 1. The van der Waals surface area contributed by atoms with Gasteiger partial charge in [-0.15, -0.1) is 17.3 Å². The summed E-state index contributed by atoms with van der Waals surface area (Å²) in [6.07, 6.45) is 1.67. The molecule has 0 fully saturated rings. The zero-order chi connectivity index (χ0) is 17.0. The predicted molar refractivity (Wildman–Crippen MR) is 84.4 cm³/mol. The van der Waals surface area contributed by atoms with Gasteiger partial charge in [0.15, 0.2) is 11.4 Å². The van der Waals surface area contributed by atoms with Gasteiger partial charge < -0.3 is 14.9 Å². The number of rotatable bonds is 6. The molecule has 2 aromatic heterocycles. The van der Waals surface area contributed by atoms with Gasteiger partial charge in [-0.1, -0.05) is 18.5 Å². The van der Waals surface area contributed by atoms with Gasteiger partial charge in [0.1, 0.15) is 5.76 Å². The molecular formula is C15H21N5O3. The van der Waals surface area contributed by atoms with E-state index in [1.807, 2.05) is 6.92 Å². The summed E-state index contributed by atoms with van der Waals surface area (Å²) < 4.78 is 6.21. The summed E-state index contributed by atoms with van der Waals surface area (Å²) in [5.41, 5.74) is 0.780. The Labute approximate surface area is 133 Å². The van der Waals surface area contributed by atoms with E-state index >= 15 is 0 Å². The normalized spacial score (nSPS) is 11.5. The monoisotopic (exact) mass is 319 g/mol. The van der Waals surface area contributed by atoms with Crippen LogP contribution in [-0.4, -0.2) is 14.8 Å². The molecule has 0 amide bonds. The van der Waals surface area contributed by atoms with Crippen LogP contribution in [0.25, 0.3) is 0 Å². The van der Waals surface area contributed by atoms with Gasteiger partial charge in [-0.05, 0) is 20.3 Å². The van der Waals surface area contributed by atoms with Crippen LogP contribution >= 0.6 is 0 Å². The van der Waals surface area contributed by atoms with Crippen molar-refractivity contribution in [1.29, 1.82) is 0 Å². The van der Waals surface area contributed by atoms with Crippen LogP contribution in [0.2, 0.25) is 0 Å². The van der Waals surface area contributed by atoms with Gasteiger partial charge in [0.05, 0.1) is 0 Å². The molecule has 0 aliphatic heterocycles. The molecule has 23 heavy (non-hydrogen) atoms. The molecule has 0 aliphatic carbocycles. The quantitative estimate of drug-likeness (QED) is 0.629. The lowest BCUT2D eigenvalue weighted by atomic mass is 10.2. The number of aromatic hydroxyl groups is 1. The third-order valence-electron chi connectivity index (χ3n) is 3.51. The lowest BCUT2D eigenvalue weighted by molar-refractivity contribution is -0.506. The summed E-state index contributed by atoms with van der Waals surface area (Å²) in [5, 5.41) is 23.5. The van der Waals surface area contributed by atoms with Gasteiger partial charge in [-0.3, -0.25) is 9.36 Å². The Morgan fingerprint density at radius 2 is 2.17 bits per heavy atom. The molecule has 0 atom stereocenters. The summed E-state index contributed by atoms with van der Waals surface area (Å²) in [7, 11) is 3.69. The molecule has 0 saturated heterocycles. The number of aromatic nitrogens is 2. The summed E-state index contributed by atoms with van der Waals surface area (Å²) in [4.78, 5) is 12.6.